The Morgan fingerprint density at radius 3 is 2.50 bits per heavy atom. The van der Waals surface area contributed by atoms with Gasteiger partial charge < -0.3 is 9.47 Å². The minimum atomic E-state index is -0.472. The molecule has 3 heteroatoms. The molecule has 1 spiro atoms. The highest BCUT2D eigenvalue weighted by molar-refractivity contribution is 6.23. The summed E-state index contributed by atoms with van der Waals surface area (Å²) in [5, 5.41) is -0.0608. The summed E-state index contributed by atoms with van der Waals surface area (Å²) >= 11 is 6.37. The Labute approximate surface area is 90.2 Å². The lowest BCUT2D eigenvalue weighted by molar-refractivity contribution is -0.237. The number of allylic oxidation sites excluding steroid dienone is 1. The zero-order chi connectivity index (χ0) is 10.4. The SMILES string of the molecule is C=C1CCC2(OCCO2)C(C)(C)C1Cl. The summed E-state index contributed by atoms with van der Waals surface area (Å²) in [6, 6.07) is 0. The second-order valence-electron chi connectivity index (χ2n) is 4.69. The first-order chi connectivity index (χ1) is 6.50. The quantitative estimate of drug-likeness (QED) is 0.458. The molecule has 1 saturated heterocycles. The van der Waals surface area contributed by atoms with Crippen LogP contribution in [-0.4, -0.2) is 24.4 Å². The monoisotopic (exact) mass is 216 g/mol. The van der Waals surface area contributed by atoms with Crippen LogP contribution in [0.3, 0.4) is 0 Å². The van der Waals surface area contributed by atoms with E-state index in [1.54, 1.807) is 0 Å². The van der Waals surface area contributed by atoms with E-state index in [0.29, 0.717) is 13.2 Å². The van der Waals surface area contributed by atoms with Gasteiger partial charge in [-0.25, -0.2) is 0 Å². The van der Waals surface area contributed by atoms with Crippen LogP contribution in [0.1, 0.15) is 26.7 Å². The molecule has 0 N–H and O–H groups in total. The number of hydrogen-bond acceptors (Lipinski definition) is 2. The van der Waals surface area contributed by atoms with Gasteiger partial charge in [0.1, 0.15) is 0 Å². The predicted octanol–water partition coefficient (Wildman–Crippen LogP) is 2.71. The van der Waals surface area contributed by atoms with Gasteiger partial charge in [-0.05, 0) is 6.42 Å². The largest absolute Gasteiger partial charge is 0.347 e. The smallest absolute Gasteiger partial charge is 0.175 e. The van der Waals surface area contributed by atoms with E-state index in [2.05, 4.69) is 20.4 Å². The molecule has 0 aromatic rings. The van der Waals surface area contributed by atoms with Crippen LogP contribution in [0.25, 0.3) is 0 Å². The molecule has 1 aliphatic heterocycles. The molecule has 1 aliphatic carbocycles. The molecule has 0 amide bonds. The number of ether oxygens (including phenoxy) is 2. The lowest BCUT2D eigenvalue weighted by atomic mass is 9.70. The van der Waals surface area contributed by atoms with Crippen molar-refractivity contribution in [2.45, 2.75) is 37.9 Å². The maximum atomic E-state index is 6.37. The van der Waals surface area contributed by atoms with Gasteiger partial charge >= 0.3 is 0 Å². The molecular weight excluding hydrogens is 200 g/mol. The summed E-state index contributed by atoms with van der Waals surface area (Å²) in [4.78, 5) is 0. The Kier molecular flexibility index (Phi) is 2.41. The second kappa shape index (κ2) is 3.22. The minimum absolute atomic E-state index is 0.0608. The number of rotatable bonds is 0. The molecule has 1 heterocycles. The standard InChI is InChI=1S/C11H17ClO2/c1-8-4-5-11(13-6-7-14-11)10(2,3)9(8)12/h9H,1,4-7H2,2-3H3. The Morgan fingerprint density at radius 1 is 1.36 bits per heavy atom. The highest BCUT2D eigenvalue weighted by atomic mass is 35.5. The Morgan fingerprint density at radius 2 is 1.93 bits per heavy atom. The third-order valence-electron chi connectivity index (χ3n) is 3.50. The third kappa shape index (κ3) is 1.24. The van der Waals surface area contributed by atoms with Gasteiger partial charge in [-0.2, -0.15) is 0 Å². The van der Waals surface area contributed by atoms with Crippen molar-refractivity contribution in [1.29, 1.82) is 0 Å². The summed E-state index contributed by atoms with van der Waals surface area (Å²) in [5.74, 6) is -0.472. The molecule has 0 radical (unpaired) electrons. The van der Waals surface area contributed by atoms with Crippen molar-refractivity contribution in [3.63, 3.8) is 0 Å². The molecule has 1 atom stereocenters. The Balaban J connectivity index is 2.31. The van der Waals surface area contributed by atoms with E-state index in [-0.39, 0.29) is 10.8 Å². The molecule has 0 bridgehead atoms. The average molecular weight is 217 g/mol. The lowest BCUT2D eigenvalue weighted by Crippen LogP contribution is -2.54. The molecule has 80 valence electrons. The maximum absolute atomic E-state index is 6.37. The zero-order valence-corrected chi connectivity index (χ0v) is 9.56. The van der Waals surface area contributed by atoms with E-state index < -0.39 is 5.79 Å². The van der Waals surface area contributed by atoms with Crippen molar-refractivity contribution in [3.05, 3.63) is 12.2 Å². The van der Waals surface area contributed by atoms with Crippen LogP contribution in [0, 0.1) is 5.41 Å². The topological polar surface area (TPSA) is 18.5 Å². The third-order valence-corrected chi connectivity index (χ3v) is 4.36. The van der Waals surface area contributed by atoms with Crippen LogP contribution in [0.2, 0.25) is 0 Å². The predicted molar refractivity (Wildman–Crippen MR) is 56.4 cm³/mol. The van der Waals surface area contributed by atoms with Crippen LogP contribution >= 0.6 is 11.6 Å². The van der Waals surface area contributed by atoms with Crippen LogP contribution in [0.5, 0.6) is 0 Å². The molecule has 14 heavy (non-hydrogen) atoms. The summed E-state index contributed by atoms with van der Waals surface area (Å²) < 4.78 is 11.5. The van der Waals surface area contributed by atoms with E-state index in [4.69, 9.17) is 21.1 Å². The molecular formula is C11H17ClO2. The summed E-state index contributed by atoms with van der Waals surface area (Å²) in [6.45, 7) is 9.56. The van der Waals surface area contributed by atoms with Crippen molar-refractivity contribution in [2.24, 2.45) is 5.41 Å². The van der Waals surface area contributed by atoms with Crippen LogP contribution in [0.15, 0.2) is 12.2 Å². The first-order valence-electron chi connectivity index (χ1n) is 5.09. The number of halogens is 1. The molecule has 2 aliphatic rings. The number of hydrogen-bond donors (Lipinski definition) is 0. The fraction of sp³-hybridized carbons (Fsp3) is 0.818. The van der Waals surface area contributed by atoms with Crippen LogP contribution in [0.4, 0.5) is 0 Å². The lowest BCUT2D eigenvalue weighted by Gasteiger charge is -2.49. The van der Waals surface area contributed by atoms with Gasteiger partial charge in [-0.1, -0.05) is 26.0 Å². The van der Waals surface area contributed by atoms with Crippen molar-refractivity contribution in [3.8, 4) is 0 Å². The van der Waals surface area contributed by atoms with Gasteiger partial charge in [-0.15, -0.1) is 11.6 Å². The summed E-state index contributed by atoms with van der Waals surface area (Å²) in [7, 11) is 0. The Hall–Kier alpha value is -0.0500. The van der Waals surface area contributed by atoms with Crippen LogP contribution in [-0.2, 0) is 9.47 Å². The van der Waals surface area contributed by atoms with E-state index in [1.165, 1.54) is 0 Å². The van der Waals surface area contributed by atoms with Gasteiger partial charge in [0.25, 0.3) is 0 Å². The molecule has 2 nitrogen and oxygen atoms in total. The summed E-state index contributed by atoms with van der Waals surface area (Å²) in [6.07, 6.45) is 1.78. The number of alkyl halides is 1. The molecule has 2 rings (SSSR count). The van der Waals surface area contributed by atoms with E-state index >= 15 is 0 Å². The minimum Gasteiger partial charge on any atom is -0.347 e. The first kappa shape index (κ1) is 10.5. The van der Waals surface area contributed by atoms with Gasteiger partial charge in [-0.3, -0.25) is 0 Å². The molecule has 2 fully saturated rings. The maximum Gasteiger partial charge on any atom is 0.175 e. The average Bonchev–Trinajstić information content (AvgIpc) is 2.60. The fourth-order valence-electron chi connectivity index (χ4n) is 2.45. The highest BCUT2D eigenvalue weighted by Gasteiger charge is 2.56. The summed E-state index contributed by atoms with van der Waals surface area (Å²) in [5.41, 5.74) is 0.904. The first-order valence-corrected chi connectivity index (χ1v) is 5.53. The molecule has 0 aromatic heterocycles. The molecule has 1 saturated carbocycles. The van der Waals surface area contributed by atoms with Gasteiger partial charge in [0.05, 0.1) is 18.6 Å². The van der Waals surface area contributed by atoms with Crippen molar-refractivity contribution in [2.75, 3.05) is 13.2 Å². The highest BCUT2D eigenvalue weighted by Crippen LogP contribution is 2.52. The fourth-order valence-corrected chi connectivity index (χ4v) is 2.72. The van der Waals surface area contributed by atoms with E-state index in [9.17, 15) is 0 Å². The van der Waals surface area contributed by atoms with Crippen molar-refractivity contribution >= 4 is 11.6 Å². The van der Waals surface area contributed by atoms with Gasteiger partial charge in [0, 0.05) is 11.8 Å². The van der Waals surface area contributed by atoms with E-state index in [0.717, 1.165) is 18.4 Å². The van der Waals surface area contributed by atoms with Crippen molar-refractivity contribution in [1.82, 2.24) is 0 Å². The Bertz CT molecular complexity index is 254. The normalized spacial score (nSPS) is 35.1. The second-order valence-corrected chi connectivity index (χ2v) is 5.13. The zero-order valence-electron chi connectivity index (χ0n) is 8.81. The van der Waals surface area contributed by atoms with Crippen molar-refractivity contribution < 1.29 is 9.47 Å². The van der Waals surface area contributed by atoms with E-state index in [1.807, 2.05) is 0 Å². The van der Waals surface area contributed by atoms with Crippen LogP contribution < -0.4 is 0 Å². The van der Waals surface area contributed by atoms with Gasteiger partial charge in [0.2, 0.25) is 0 Å². The van der Waals surface area contributed by atoms with Gasteiger partial charge in [0.15, 0.2) is 5.79 Å². The molecule has 1 unspecified atom stereocenters. The molecule has 0 aromatic carbocycles.